The molecule has 0 amide bonds. The standard InChI is InChI=1S/C13H15N/c1-13(10-6-3-7-11-13)14-12-8-4-2-5-9-12/h2-10,14H,11H2,1H3. The van der Waals surface area contributed by atoms with E-state index in [0.717, 1.165) is 6.42 Å². The van der Waals surface area contributed by atoms with Gasteiger partial charge in [-0.2, -0.15) is 0 Å². The molecule has 1 nitrogen and oxygen atoms in total. The Balaban J connectivity index is 2.11. The van der Waals surface area contributed by atoms with Crippen LogP contribution in [-0.2, 0) is 0 Å². The number of rotatable bonds is 2. The Morgan fingerprint density at radius 1 is 1.14 bits per heavy atom. The maximum absolute atomic E-state index is 3.52. The highest BCUT2D eigenvalue weighted by atomic mass is 15.0. The van der Waals surface area contributed by atoms with Gasteiger partial charge < -0.3 is 5.32 Å². The number of benzene rings is 1. The molecule has 2 rings (SSSR count). The maximum atomic E-state index is 3.52. The van der Waals surface area contributed by atoms with Crippen LogP contribution in [0.1, 0.15) is 13.3 Å². The summed E-state index contributed by atoms with van der Waals surface area (Å²) in [6.07, 6.45) is 9.63. The van der Waals surface area contributed by atoms with Crippen molar-refractivity contribution >= 4 is 5.69 Å². The molecule has 1 aromatic rings. The molecule has 0 aromatic heterocycles. The molecule has 0 bridgehead atoms. The molecule has 14 heavy (non-hydrogen) atoms. The molecule has 0 fully saturated rings. The van der Waals surface area contributed by atoms with Crippen molar-refractivity contribution < 1.29 is 0 Å². The van der Waals surface area contributed by atoms with Crippen molar-refractivity contribution in [3.8, 4) is 0 Å². The van der Waals surface area contributed by atoms with Crippen LogP contribution in [0.4, 0.5) is 5.69 Å². The SMILES string of the molecule is CC1(Nc2ccccc2)C=CC=CC1. The van der Waals surface area contributed by atoms with Gasteiger partial charge in [0, 0.05) is 5.69 Å². The summed E-state index contributed by atoms with van der Waals surface area (Å²) in [6.45, 7) is 2.21. The normalized spacial score (nSPS) is 24.9. The zero-order valence-corrected chi connectivity index (χ0v) is 8.40. The Morgan fingerprint density at radius 3 is 2.57 bits per heavy atom. The summed E-state index contributed by atoms with van der Waals surface area (Å²) in [5.74, 6) is 0. The van der Waals surface area contributed by atoms with E-state index >= 15 is 0 Å². The number of nitrogens with one attached hydrogen (secondary N) is 1. The Kier molecular flexibility index (Phi) is 2.40. The molecular formula is C13H15N. The van der Waals surface area contributed by atoms with Gasteiger partial charge in [0.2, 0.25) is 0 Å². The number of para-hydroxylation sites is 1. The monoisotopic (exact) mass is 185 g/mol. The lowest BCUT2D eigenvalue weighted by Gasteiger charge is -2.29. The van der Waals surface area contributed by atoms with Crippen LogP contribution in [0.3, 0.4) is 0 Å². The van der Waals surface area contributed by atoms with E-state index in [1.165, 1.54) is 5.69 Å². The molecule has 0 saturated heterocycles. The molecule has 0 heterocycles. The largest absolute Gasteiger partial charge is 0.376 e. The van der Waals surface area contributed by atoms with Crippen LogP contribution in [0, 0.1) is 0 Å². The quantitative estimate of drug-likeness (QED) is 0.744. The van der Waals surface area contributed by atoms with E-state index < -0.39 is 0 Å². The molecule has 1 unspecified atom stereocenters. The summed E-state index contributed by atoms with van der Waals surface area (Å²) in [4.78, 5) is 0. The van der Waals surface area contributed by atoms with Gasteiger partial charge in [-0.3, -0.25) is 0 Å². The third-order valence-corrected chi connectivity index (χ3v) is 2.46. The minimum atomic E-state index is 0.0656. The van der Waals surface area contributed by atoms with Gasteiger partial charge in [0.1, 0.15) is 0 Å². The van der Waals surface area contributed by atoms with Crippen LogP contribution >= 0.6 is 0 Å². The van der Waals surface area contributed by atoms with Crippen molar-refractivity contribution in [2.75, 3.05) is 5.32 Å². The zero-order valence-electron chi connectivity index (χ0n) is 8.40. The van der Waals surface area contributed by atoms with Crippen LogP contribution in [-0.4, -0.2) is 5.54 Å². The molecule has 1 aliphatic rings. The third-order valence-electron chi connectivity index (χ3n) is 2.46. The molecule has 0 saturated carbocycles. The Labute approximate surface area is 85.2 Å². The van der Waals surface area contributed by atoms with Crippen LogP contribution in [0.15, 0.2) is 54.6 Å². The van der Waals surface area contributed by atoms with Gasteiger partial charge in [0.15, 0.2) is 0 Å². The number of hydrogen-bond donors (Lipinski definition) is 1. The topological polar surface area (TPSA) is 12.0 Å². The molecular weight excluding hydrogens is 170 g/mol. The van der Waals surface area contributed by atoms with Gasteiger partial charge in [0.05, 0.1) is 5.54 Å². The van der Waals surface area contributed by atoms with E-state index in [9.17, 15) is 0 Å². The summed E-state index contributed by atoms with van der Waals surface area (Å²) in [5, 5.41) is 3.52. The maximum Gasteiger partial charge on any atom is 0.0565 e. The Bertz CT molecular complexity index is 351. The summed E-state index contributed by atoms with van der Waals surface area (Å²) in [5.41, 5.74) is 1.24. The summed E-state index contributed by atoms with van der Waals surface area (Å²) >= 11 is 0. The average molecular weight is 185 g/mol. The molecule has 1 aliphatic carbocycles. The van der Waals surface area contributed by atoms with E-state index in [1.54, 1.807) is 0 Å². The lowest BCUT2D eigenvalue weighted by atomic mass is 9.93. The van der Waals surface area contributed by atoms with Gasteiger partial charge in [-0.15, -0.1) is 0 Å². The molecule has 0 spiro atoms. The predicted molar refractivity (Wildman–Crippen MR) is 61.4 cm³/mol. The first-order valence-corrected chi connectivity index (χ1v) is 4.96. The van der Waals surface area contributed by atoms with E-state index in [-0.39, 0.29) is 5.54 Å². The number of hydrogen-bond acceptors (Lipinski definition) is 1. The fraction of sp³-hybridized carbons (Fsp3) is 0.231. The number of allylic oxidation sites excluding steroid dienone is 2. The van der Waals surface area contributed by atoms with Gasteiger partial charge in [-0.1, -0.05) is 42.5 Å². The molecule has 1 N–H and O–H groups in total. The Hall–Kier alpha value is -1.50. The van der Waals surface area contributed by atoms with Crippen LogP contribution in [0.5, 0.6) is 0 Å². The molecule has 72 valence electrons. The average Bonchev–Trinajstić information content (AvgIpc) is 2.19. The lowest BCUT2D eigenvalue weighted by Crippen LogP contribution is -2.32. The summed E-state index contributed by atoms with van der Waals surface area (Å²) in [6, 6.07) is 10.3. The van der Waals surface area contributed by atoms with Gasteiger partial charge in [-0.25, -0.2) is 0 Å². The van der Waals surface area contributed by atoms with E-state index in [0.29, 0.717) is 0 Å². The number of anilines is 1. The van der Waals surface area contributed by atoms with Crippen molar-refractivity contribution in [1.82, 2.24) is 0 Å². The smallest absolute Gasteiger partial charge is 0.0565 e. The highest BCUT2D eigenvalue weighted by Gasteiger charge is 2.19. The molecule has 0 aliphatic heterocycles. The highest BCUT2D eigenvalue weighted by molar-refractivity contribution is 5.47. The first-order chi connectivity index (χ1) is 6.79. The van der Waals surface area contributed by atoms with Gasteiger partial charge in [-0.05, 0) is 25.5 Å². The van der Waals surface area contributed by atoms with E-state index in [4.69, 9.17) is 0 Å². The lowest BCUT2D eigenvalue weighted by molar-refractivity contribution is 0.641. The first-order valence-electron chi connectivity index (χ1n) is 4.96. The zero-order chi connectivity index (χ0) is 9.86. The van der Waals surface area contributed by atoms with Crippen LogP contribution in [0.2, 0.25) is 0 Å². The second-order valence-corrected chi connectivity index (χ2v) is 3.90. The molecule has 1 heteroatoms. The van der Waals surface area contributed by atoms with Crippen molar-refractivity contribution in [2.24, 2.45) is 0 Å². The minimum Gasteiger partial charge on any atom is -0.376 e. The van der Waals surface area contributed by atoms with Crippen molar-refractivity contribution in [3.63, 3.8) is 0 Å². The highest BCUT2D eigenvalue weighted by Crippen LogP contribution is 2.22. The van der Waals surface area contributed by atoms with Gasteiger partial charge >= 0.3 is 0 Å². The second kappa shape index (κ2) is 3.70. The Morgan fingerprint density at radius 2 is 1.93 bits per heavy atom. The summed E-state index contributed by atoms with van der Waals surface area (Å²) < 4.78 is 0. The van der Waals surface area contributed by atoms with Gasteiger partial charge in [0.25, 0.3) is 0 Å². The fourth-order valence-electron chi connectivity index (χ4n) is 1.67. The minimum absolute atomic E-state index is 0.0656. The molecule has 1 aromatic carbocycles. The molecule has 0 radical (unpaired) electrons. The van der Waals surface area contributed by atoms with Crippen molar-refractivity contribution in [2.45, 2.75) is 18.9 Å². The predicted octanol–water partition coefficient (Wildman–Crippen LogP) is 3.37. The summed E-state index contributed by atoms with van der Waals surface area (Å²) in [7, 11) is 0. The van der Waals surface area contributed by atoms with Crippen molar-refractivity contribution in [3.05, 3.63) is 54.6 Å². The second-order valence-electron chi connectivity index (χ2n) is 3.90. The van der Waals surface area contributed by atoms with E-state index in [1.807, 2.05) is 18.2 Å². The van der Waals surface area contributed by atoms with Crippen molar-refractivity contribution in [1.29, 1.82) is 0 Å². The fourth-order valence-corrected chi connectivity index (χ4v) is 1.67. The van der Waals surface area contributed by atoms with Crippen LogP contribution < -0.4 is 5.32 Å². The molecule has 1 atom stereocenters. The van der Waals surface area contributed by atoms with E-state index in [2.05, 4.69) is 48.7 Å². The van der Waals surface area contributed by atoms with Crippen LogP contribution in [0.25, 0.3) is 0 Å². The first kappa shape index (κ1) is 9.07. The third kappa shape index (κ3) is 2.05.